The molecule has 0 bridgehead atoms. The average Bonchev–Trinajstić information content (AvgIpc) is 3.08. The van der Waals surface area contributed by atoms with Gasteiger partial charge in [0.15, 0.2) is 0 Å². The van der Waals surface area contributed by atoms with Gasteiger partial charge in [0, 0.05) is 39.4 Å². The van der Waals surface area contributed by atoms with Gasteiger partial charge in [-0.25, -0.2) is 0 Å². The minimum atomic E-state index is -0.849. The van der Waals surface area contributed by atoms with Crippen LogP contribution in [0, 0.1) is 11.3 Å². The molecule has 2 fully saturated rings. The van der Waals surface area contributed by atoms with E-state index in [1.807, 2.05) is 11.1 Å². The van der Waals surface area contributed by atoms with Crippen molar-refractivity contribution >= 4 is 11.9 Å². The molecule has 1 aliphatic heterocycles. The Balaban J connectivity index is 1.78. The third-order valence-electron chi connectivity index (χ3n) is 5.35. The standard InChI is InChI=1S/C16H24N4O4/c1-19-9-13(17-18-19)12-8-20(7-11(12)6-14(21)22)15(23)16(10-24-2)4-3-5-16/h9,11-12H,3-8,10H2,1-2H3,(H,21,22)/t11-,12+/m0/s1. The van der Waals surface area contributed by atoms with Crippen molar-refractivity contribution in [2.24, 2.45) is 18.4 Å². The summed E-state index contributed by atoms with van der Waals surface area (Å²) < 4.78 is 6.88. The number of rotatable bonds is 6. The highest BCUT2D eigenvalue weighted by Gasteiger charge is 2.49. The first kappa shape index (κ1) is 16.9. The Morgan fingerprint density at radius 3 is 2.67 bits per heavy atom. The van der Waals surface area contributed by atoms with E-state index < -0.39 is 11.4 Å². The molecule has 1 aromatic rings. The van der Waals surface area contributed by atoms with Crippen LogP contribution in [0.2, 0.25) is 0 Å². The lowest BCUT2D eigenvalue weighted by Gasteiger charge is -2.42. The zero-order valence-corrected chi connectivity index (χ0v) is 14.1. The molecule has 1 amide bonds. The fourth-order valence-corrected chi connectivity index (χ4v) is 3.97. The van der Waals surface area contributed by atoms with Crippen LogP contribution in [0.15, 0.2) is 6.20 Å². The van der Waals surface area contributed by atoms with Gasteiger partial charge < -0.3 is 14.7 Å². The minimum Gasteiger partial charge on any atom is -0.481 e. The predicted molar refractivity (Wildman–Crippen MR) is 84.2 cm³/mol. The molecule has 2 aliphatic rings. The number of ether oxygens (including phenoxy) is 1. The zero-order chi connectivity index (χ0) is 17.3. The fourth-order valence-electron chi connectivity index (χ4n) is 3.97. The summed E-state index contributed by atoms with van der Waals surface area (Å²) in [7, 11) is 3.40. The van der Waals surface area contributed by atoms with E-state index in [1.165, 1.54) is 0 Å². The summed E-state index contributed by atoms with van der Waals surface area (Å²) in [5.74, 6) is -0.975. The van der Waals surface area contributed by atoms with E-state index in [-0.39, 0.29) is 24.2 Å². The Morgan fingerprint density at radius 2 is 2.17 bits per heavy atom. The number of carbonyl (C=O) groups is 2. The number of carboxylic acid groups (broad SMARTS) is 1. The van der Waals surface area contributed by atoms with Gasteiger partial charge >= 0.3 is 5.97 Å². The van der Waals surface area contributed by atoms with Gasteiger partial charge in [-0.15, -0.1) is 5.10 Å². The molecule has 2 heterocycles. The van der Waals surface area contributed by atoms with Crippen LogP contribution < -0.4 is 0 Å². The molecule has 132 valence electrons. The number of likely N-dealkylation sites (tertiary alicyclic amines) is 1. The van der Waals surface area contributed by atoms with E-state index in [1.54, 1.807) is 18.8 Å². The van der Waals surface area contributed by atoms with E-state index >= 15 is 0 Å². The normalized spacial score (nSPS) is 25.5. The number of amides is 1. The second kappa shape index (κ2) is 6.51. The van der Waals surface area contributed by atoms with Crippen LogP contribution in [0.1, 0.15) is 37.3 Å². The quantitative estimate of drug-likeness (QED) is 0.819. The van der Waals surface area contributed by atoms with Crippen molar-refractivity contribution in [3.63, 3.8) is 0 Å². The van der Waals surface area contributed by atoms with Crippen LogP contribution in [0.25, 0.3) is 0 Å². The number of aliphatic carboxylic acids is 1. The van der Waals surface area contributed by atoms with Gasteiger partial charge in [0.1, 0.15) is 0 Å². The molecule has 1 aromatic heterocycles. The number of aryl methyl sites for hydroxylation is 1. The summed E-state index contributed by atoms with van der Waals surface area (Å²) in [6.07, 6.45) is 4.56. The van der Waals surface area contributed by atoms with E-state index in [0.717, 1.165) is 25.0 Å². The molecule has 24 heavy (non-hydrogen) atoms. The third kappa shape index (κ3) is 3.02. The van der Waals surface area contributed by atoms with Gasteiger partial charge in [-0.05, 0) is 18.8 Å². The topological polar surface area (TPSA) is 97.6 Å². The van der Waals surface area contributed by atoms with Crippen molar-refractivity contribution in [1.82, 2.24) is 19.9 Å². The lowest BCUT2D eigenvalue weighted by molar-refractivity contribution is -0.151. The van der Waals surface area contributed by atoms with Crippen molar-refractivity contribution in [3.8, 4) is 0 Å². The van der Waals surface area contributed by atoms with Crippen molar-refractivity contribution < 1.29 is 19.4 Å². The van der Waals surface area contributed by atoms with Gasteiger partial charge in [-0.3, -0.25) is 14.3 Å². The first-order valence-corrected chi connectivity index (χ1v) is 8.31. The number of carboxylic acids is 1. The first-order valence-electron chi connectivity index (χ1n) is 8.31. The summed E-state index contributed by atoms with van der Waals surface area (Å²) in [5, 5.41) is 17.3. The highest BCUT2D eigenvalue weighted by atomic mass is 16.5. The van der Waals surface area contributed by atoms with Crippen LogP contribution in [0.4, 0.5) is 0 Å². The van der Waals surface area contributed by atoms with Gasteiger partial charge in [-0.2, -0.15) is 0 Å². The Kier molecular flexibility index (Phi) is 4.58. The number of carbonyl (C=O) groups excluding carboxylic acids is 1. The highest BCUT2D eigenvalue weighted by molar-refractivity contribution is 5.84. The molecule has 2 atom stereocenters. The molecule has 3 rings (SSSR count). The summed E-state index contributed by atoms with van der Waals surface area (Å²) in [6, 6.07) is 0. The summed E-state index contributed by atoms with van der Waals surface area (Å²) in [5.41, 5.74) is 0.341. The zero-order valence-electron chi connectivity index (χ0n) is 14.1. The molecular formula is C16H24N4O4. The van der Waals surface area contributed by atoms with E-state index in [2.05, 4.69) is 10.3 Å². The van der Waals surface area contributed by atoms with Gasteiger partial charge in [0.25, 0.3) is 0 Å². The minimum absolute atomic E-state index is 0.0301. The van der Waals surface area contributed by atoms with Crippen molar-refractivity contribution in [1.29, 1.82) is 0 Å². The maximum absolute atomic E-state index is 13.0. The molecule has 0 unspecified atom stereocenters. The first-order chi connectivity index (χ1) is 11.4. The van der Waals surface area contributed by atoms with E-state index in [0.29, 0.717) is 19.7 Å². The molecule has 1 aliphatic carbocycles. The number of hydrogen-bond donors (Lipinski definition) is 1. The lowest BCUT2D eigenvalue weighted by Crippen LogP contribution is -2.49. The molecule has 0 radical (unpaired) electrons. The van der Waals surface area contributed by atoms with E-state index in [9.17, 15) is 14.7 Å². The second-order valence-corrected chi connectivity index (χ2v) is 7.06. The monoisotopic (exact) mass is 336 g/mol. The van der Waals surface area contributed by atoms with Gasteiger partial charge in [0.05, 0.1) is 24.1 Å². The predicted octanol–water partition coefficient (Wildman–Crippen LogP) is 0.649. The van der Waals surface area contributed by atoms with Crippen LogP contribution in [0.5, 0.6) is 0 Å². The maximum Gasteiger partial charge on any atom is 0.303 e. The molecular weight excluding hydrogens is 312 g/mol. The smallest absolute Gasteiger partial charge is 0.303 e. The summed E-state index contributed by atoms with van der Waals surface area (Å²) >= 11 is 0. The van der Waals surface area contributed by atoms with E-state index in [4.69, 9.17) is 4.74 Å². The number of methoxy groups -OCH3 is 1. The summed E-state index contributed by atoms with van der Waals surface area (Å²) in [6.45, 7) is 1.39. The molecule has 1 saturated heterocycles. The Hall–Kier alpha value is -1.96. The molecule has 1 N–H and O–H groups in total. The number of aromatic nitrogens is 3. The summed E-state index contributed by atoms with van der Waals surface area (Å²) in [4.78, 5) is 26.0. The molecule has 0 aromatic carbocycles. The van der Waals surface area contributed by atoms with Crippen molar-refractivity contribution in [2.45, 2.75) is 31.6 Å². The molecule has 8 heteroatoms. The fraction of sp³-hybridized carbons (Fsp3) is 0.750. The largest absolute Gasteiger partial charge is 0.481 e. The lowest BCUT2D eigenvalue weighted by atomic mass is 9.68. The van der Waals surface area contributed by atoms with Gasteiger partial charge in [0.2, 0.25) is 5.91 Å². The van der Waals surface area contributed by atoms with Crippen LogP contribution >= 0.6 is 0 Å². The second-order valence-electron chi connectivity index (χ2n) is 7.06. The third-order valence-corrected chi connectivity index (χ3v) is 5.35. The molecule has 1 saturated carbocycles. The number of nitrogens with zero attached hydrogens (tertiary/aromatic N) is 4. The molecule has 8 nitrogen and oxygen atoms in total. The molecule has 0 spiro atoms. The Morgan fingerprint density at radius 1 is 1.42 bits per heavy atom. The van der Waals surface area contributed by atoms with Crippen molar-refractivity contribution in [3.05, 3.63) is 11.9 Å². The van der Waals surface area contributed by atoms with Crippen LogP contribution in [-0.4, -0.2) is 63.7 Å². The van der Waals surface area contributed by atoms with Crippen LogP contribution in [-0.2, 0) is 21.4 Å². The average molecular weight is 336 g/mol. The maximum atomic E-state index is 13.0. The Labute approximate surface area is 140 Å². The highest BCUT2D eigenvalue weighted by Crippen LogP contribution is 2.45. The van der Waals surface area contributed by atoms with Crippen LogP contribution in [0.3, 0.4) is 0 Å². The van der Waals surface area contributed by atoms with Gasteiger partial charge in [-0.1, -0.05) is 11.6 Å². The Bertz CT molecular complexity index is 625. The van der Waals surface area contributed by atoms with Crippen molar-refractivity contribution in [2.75, 3.05) is 26.8 Å². The number of hydrogen-bond acceptors (Lipinski definition) is 5. The SMILES string of the molecule is COCC1(C(=O)N2C[C@H](CC(=O)O)[C@H](c3cn(C)nn3)C2)CCC1.